The first-order chi connectivity index (χ1) is 7.66. The predicted molar refractivity (Wildman–Crippen MR) is 65.0 cm³/mol. The van der Waals surface area contributed by atoms with Crippen molar-refractivity contribution in [2.45, 2.75) is 26.3 Å². The largest absolute Gasteiger partial charge is 0.315 e. The van der Waals surface area contributed by atoms with E-state index in [4.69, 9.17) is 23.2 Å². The smallest absolute Gasteiger partial charge is 0.161 e. The molecule has 1 aliphatic carbocycles. The Balaban J connectivity index is 2.17. The molecule has 5 heteroatoms. The van der Waals surface area contributed by atoms with E-state index < -0.39 is 0 Å². The van der Waals surface area contributed by atoms with Crippen LogP contribution in [0.5, 0.6) is 0 Å². The van der Waals surface area contributed by atoms with Crippen LogP contribution in [0.15, 0.2) is 6.33 Å². The van der Waals surface area contributed by atoms with Gasteiger partial charge in [-0.15, -0.1) is 0 Å². The number of rotatable bonds is 2. The van der Waals surface area contributed by atoms with Crippen LogP contribution >= 0.6 is 23.2 Å². The van der Waals surface area contributed by atoms with Crippen LogP contribution < -0.4 is 0 Å². The molecule has 3 rings (SSSR count). The third kappa shape index (κ3) is 1.59. The summed E-state index contributed by atoms with van der Waals surface area (Å²) in [7, 11) is 0. The van der Waals surface area contributed by atoms with Crippen LogP contribution in [0.25, 0.3) is 11.2 Å². The quantitative estimate of drug-likeness (QED) is 0.770. The molecule has 3 nitrogen and oxygen atoms in total. The third-order valence-electron chi connectivity index (χ3n) is 3.03. The first-order valence-electron chi connectivity index (χ1n) is 5.33. The molecule has 0 spiro atoms. The minimum atomic E-state index is 0.365. The lowest BCUT2D eigenvalue weighted by molar-refractivity contribution is 0.638. The lowest BCUT2D eigenvalue weighted by atomic mass is 10.2. The summed E-state index contributed by atoms with van der Waals surface area (Å²) in [5.74, 6) is 0.786. The van der Waals surface area contributed by atoms with E-state index in [-0.39, 0.29) is 0 Å². The van der Waals surface area contributed by atoms with E-state index >= 15 is 0 Å². The summed E-state index contributed by atoms with van der Waals surface area (Å²) >= 11 is 12.0. The fourth-order valence-electron chi connectivity index (χ4n) is 1.87. The lowest BCUT2D eigenvalue weighted by Gasteiger charge is -2.04. The molecule has 2 heterocycles. The van der Waals surface area contributed by atoms with E-state index in [1.807, 2.05) is 13.3 Å². The average Bonchev–Trinajstić information content (AvgIpc) is 2.98. The van der Waals surface area contributed by atoms with Gasteiger partial charge in [0.2, 0.25) is 0 Å². The van der Waals surface area contributed by atoms with Crippen molar-refractivity contribution >= 4 is 34.4 Å². The molecular weight excluding hydrogens is 245 g/mol. The molecular formula is C11H11Cl2N3. The van der Waals surface area contributed by atoms with Crippen molar-refractivity contribution in [3.63, 3.8) is 0 Å². The molecule has 0 aromatic carbocycles. The van der Waals surface area contributed by atoms with Crippen LogP contribution in [0.4, 0.5) is 0 Å². The zero-order chi connectivity index (χ0) is 11.3. The molecule has 0 radical (unpaired) electrons. The number of hydrogen-bond donors (Lipinski definition) is 0. The molecule has 0 unspecified atom stereocenters. The van der Waals surface area contributed by atoms with Gasteiger partial charge in [0.05, 0.1) is 11.3 Å². The van der Waals surface area contributed by atoms with Crippen molar-refractivity contribution < 1.29 is 0 Å². The van der Waals surface area contributed by atoms with Crippen molar-refractivity contribution in [1.29, 1.82) is 0 Å². The zero-order valence-electron chi connectivity index (χ0n) is 8.87. The second kappa shape index (κ2) is 3.60. The van der Waals surface area contributed by atoms with Gasteiger partial charge in [0.25, 0.3) is 0 Å². The summed E-state index contributed by atoms with van der Waals surface area (Å²) in [5.41, 5.74) is 2.61. The van der Waals surface area contributed by atoms with Crippen molar-refractivity contribution in [2.24, 2.45) is 5.92 Å². The van der Waals surface area contributed by atoms with Gasteiger partial charge in [-0.1, -0.05) is 23.2 Å². The fourth-order valence-corrected chi connectivity index (χ4v) is 2.22. The van der Waals surface area contributed by atoms with Crippen LogP contribution in [-0.2, 0) is 6.54 Å². The SMILES string of the molecule is Cc1c(Cl)c(Cl)nc2c1ncn2CC1CC1. The van der Waals surface area contributed by atoms with E-state index in [1.165, 1.54) is 12.8 Å². The van der Waals surface area contributed by atoms with E-state index in [9.17, 15) is 0 Å². The van der Waals surface area contributed by atoms with Crippen molar-refractivity contribution in [2.75, 3.05) is 0 Å². The van der Waals surface area contributed by atoms with E-state index in [0.717, 1.165) is 29.2 Å². The van der Waals surface area contributed by atoms with Gasteiger partial charge >= 0.3 is 0 Å². The molecule has 0 amide bonds. The van der Waals surface area contributed by atoms with Gasteiger partial charge in [0, 0.05) is 12.1 Å². The van der Waals surface area contributed by atoms with Crippen molar-refractivity contribution in [3.05, 3.63) is 22.1 Å². The van der Waals surface area contributed by atoms with Gasteiger partial charge in [-0.25, -0.2) is 9.97 Å². The normalized spacial score (nSPS) is 15.9. The van der Waals surface area contributed by atoms with Gasteiger partial charge in [0.15, 0.2) is 10.8 Å². The topological polar surface area (TPSA) is 30.7 Å². The fraction of sp³-hybridized carbons (Fsp3) is 0.455. The second-order valence-corrected chi connectivity index (χ2v) is 5.09. The minimum absolute atomic E-state index is 0.365. The summed E-state index contributed by atoms with van der Waals surface area (Å²) in [4.78, 5) is 8.67. The van der Waals surface area contributed by atoms with E-state index in [0.29, 0.717) is 10.2 Å². The van der Waals surface area contributed by atoms with Crippen molar-refractivity contribution in [1.82, 2.24) is 14.5 Å². The molecule has 16 heavy (non-hydrogen) atoms. The standard InChI is InChI=1S/C11H11Cl2N3/c1-6-8(12)10(13)15-11-9(6)14-5-16(11)4-7-2-3-7/h5,7H,2-4H2,1H3. The Bertz CT molecular complexity index is 558. The second-order valence-electron chi connectivity index (χ2n) is 4.35. The molecule has 0 N–H and O–H groups in total. The summed E-state index contributed by atoms with van der Waals surface area (Å²) in [6.07, 6.45) is 4.44. The Hall–Kier alpha value is -0.800. The van der Waals surface area contributed by atoms with Gasteiger partial charge in [-0.3, -0.25) is 0 Å². The van der Waals surface area contributed by atoms with Gasteiger partial charge in [-0.2, -0.15) is 0 Å². The summed E-state index contributed by atoms with van der Waals surface area (Å²) in [5, 5.41) is 0.870. The molecule has 2 aromatic rings. The molecule has 2 aromatic heterocycles. The summed E-state index contributed by atoms with van der Waals surface area (Å²) in [6.45, 7) is 2.91. The van der Waals surface area contributed by atoms with Crippen LogP contribution in [-0.4, -0.2) is 14.5 Å². The number of halogens is 2. The summed E-state index contributed by atoms with van der Waals surface area (Å²) < 4.78 is 2.07. The highest BCUT2D eigenvalue weighted by Gasteiger charge is 2.23. The van der Waals surface area contributed by atoms with E-state index in [1.54, 1.807) is 0 Å². The molecule has 0 aliphatic heterocycles. The third-order valence-corrected chi connectivity index (χ3v) is 3.86. The van der Waals surface area contributed by atoms with Gasteiger partial charge in [-0.05, 0) is 25.7 Å². The number of pyridine rings is 1. The van der Waals surface area contributed by atoms with Crippen molar-refractivity contribution in [3.8, 4) is 0 Å². The Morgan fingerprint density at radius 2 is 2.19 bits per heavy atom. The van der Waals surface area contributed by atoms with Crippen LogP contribution in [0, 0.1) is 12.8 Å². The monoisotopic (exact) mass is 255 g/mol. The maximum atomic E-state index is 6.04. The van der Waals surface area contributed by atoms with Crippen LogP contribution in [0.1, 0.15) is 18.4 Å². The highest BCUT2D eigenvalue weighted by Crippen LogP contribution is 2.33. The molecule has 1 aliphatic rings. The Morgan fingerprint density at radius 3 is 2.88 bits per heavy atom. The van der Waals surface area contributed by atoms with E-state index in [2.05, 4.69) is 14.5 Å². The Labute approximate surface area is 103 Å². The molecule has 1 saturated carbocycles. The van der Waals surface area contributed by atoms with Crippen LogP contribution in [0.2, 0.25) is 10.2 Å². The number of nitrogens with zero attached hydrogens (tertiary/aromatic N) is 3. The molecule has 84 valence electrons. The van der Waals surface area contributed by atoms with Crippen LogP contribution in [0.3, 0.4) is 0 Å². The first-order valence-corrected chi connectivity index (χ1v) is 6.09. The molecule has 1 fully saturated rings. The lowest BCUT2D eigenvalue weighted by Crippen LogP contribution is -1.99. The average molecular weight is 256 g/mol. The number of hydrogen-bond acceptors (Lipinski definition) is 2. The highest BCUT2D eigenvalue weighted by molar-refractivity contribution is 6.42. The maximum Gasteiger partial charge on any atom is 0.161 e. The first kappa shape index (κ1) is 10.4. The Morgan fingerprint density at radius 1 is 1.44 bits per heavy atom. The number of aryl methyl sites for hydroxylation is 1. The number of fused-ring (bicyclic) bond motifs is 1. The maximum absolute atomic E-state index is 6.04. The Kier molecular flexibility index (Phi) is 2.33. The molecule has 0 atom stereocenters. The zero-order valence-corrected chi connectivity index (χ0v) is 10.4. The number of imidazole rings is 1. The minimum Gasteiger partial charge on any atom is -0.315 e. The summed E-state index contributed by atoms with van der Waals surface area (Å²) in [6, 6.07) is 0. The molecule has 0 saturated heterocycles. The van der Waals surface area contributed by atoms with Gasteiger partial charge in [0.1, 0.15) is 5.52 Å². The van der Waals surface area contributed by atoms with Gasteiger partial charge < -0.3 is 4.57 Å². The molecule has 0 bridgehead atoms. The predicted octanol–water partition coefficient (Wildman–Crippen LogP) is 3.46. The highest BCUT2D eigenvalue weighted by atomic mass is 35.5. The number of aromatic nitrogens is 3.